The van der Waals surface area contributed by atoms with Gasteiger partial charge in [-0.05, 0) is 11.6 Å². The first kappa shape index (κ1) is 12.3. The lowest BCUT2D eigenvalue weighted by Gasteiger charge is -2.27. The third kappa shape index (κ3) is 3.18. The molecule has 0 spiro atoms. The second kappa shape index (κ2) is 5.03. The quantitative estimate of drug-likeness (QED) is 0.767. The van der Waals surface area contributed by atoms with E-state index in [1.165, 1.54) is 0 Å². The molecule has 0 radical (unpaired) electrons. The van der Waals surface area contributed by atoms with E-state index in [0.29, 0.717) is 18.8 Å². The van der Waals surface area contributed by atoms with Crippen molar-refractivity contribution in [2.75, 3.05) is 18.1 Å². The number of ether oxygens (including phenoxy) is 1. The number of benzene rings is 1. The Bertz CT molecular complexity index is 474. The molecule has 2 rings (SSSR count). The largest absolute Gasteiger partial charge is 0.488 e. The maximum absolute atomic E-state index is 11.0. The van der Waals surface area contributed by atoms with Crippen LogP contribution in [0.4, 0.5) is 0 Å². The van der Waals surface area contributed by atoms with Crippen LogP contribution in [0, 0.1) is 0 Å². The summed E-state index contributed by atoms with van der Waals surface area (Å²) in [6.45, 7) is 0.406. The van der Waals surface area contributed by atoms with Crippen molar-refractivity contribution in [2.45, 2.75) is 12.5 Å². The molecule has 1 saturated heterocycles. The molecule has 1 aliphatic rings. The lowest BCUT2D eigenvalue weighted by Crippen LogP contribution is -2.45. The van der Waals surface area contributed by atoms with E-state index in [9.17, 15) is 8.42 Å². The summed E-state index contributed by atoms with van der Waals surface area (Å²) in [6.07, 6.45) is 0.423. The van der Waals surface area contributed by atoms with Gasteiger partial charge >= 0.3 is 0 Å². The second-order valence-electron chi connectivity index (χ2n) is 4.05. The van der Waals surface area contributed by atoms with Crippen LogP contribution in [0.15, 0.2) is 24.3 Å². The van der Waals surface area contributed by atoms with Crippen LogP contribution >= 0.6 is 0 Å². The Morgan fingerprint density at radius 2 is 2.00 bits per heavy atom. The van der Waals surface area contributed by atoms with Gasteiger partial charge in [0.05, 0.1) is 18.1 Å². The van der Waals surface area contributed by atoms with E-state index in [4.69, 9.17) is 10.6 Å². The van der Waals surface area contributed by atoms with Gasteiger partial charge in [0.1, 0.15) is 11.9 Å². The second-order valence-corrected chi connectivity index (χ2v) is 6.20. The summed E-state index contributed by atoms with van der Waals surface area (Å²) < 4.78 is 27.7. The monoisotopic (exact) mass is 257 g/mol. The van der Waals surface area contributed by atoms with Crippen LogP contribution < -0.4 is 10.6 Å². The molecule has 2 N–H and O–H groups in total. The minimum Gasteiger partial charge on any atom is -0.488 e. The fraction of sp³-hybridized carbons (Fsp3) is 0.455. The van der Waals surface area contributed by atoms with Gasteiger partial charge in [0.25, 0.3) is 0 Å². The minimum absolute atomic E-state index is 0.106. The molecular formula is C11H15NO4S. The van der Waals surface area contributed by atoms with Crippen molar-refractivity contribution in [1.82, 2.24) is 0 Å². The van der Waals surface area contributed by atoms with Crippen LogP contribution in [-0.2, 0) is 21.1 Å². The topological polar surface area (TPSA) is 78.6 Å². The zero-order valence-electron chi connectivity index (χ0n) is 9.33. The Morgan fingerprint density at radius 3 is 2.65 bits per heavy atom. The molecule has 0 amide bonds. The maximum Gasteiger partial charge on any atom is 0.157 e. The summed E-state index contributed by atoms with van der Waals surface area (Å²) in [6, 6.07) is 7.50. The molecule has 0 saturated carbocycles. The normalized spacial score (nSPS) is 18.6. The molecule has 1 aromatic carbocycles. The molecule has 1 heterocycles. The SMILES string of the molecule is NOCCc1ccccc1OC1CS(=O)(=O)C1. The van der Waals surface area contributed by atoms with Crippen molar-refractivity contribution >= 4 is 9.84 Å². The van der Waals surface area contributed by atoms with Crippen LogP contribution in [0.2, 0.25) is 0 Å². The maximum atomic E-state index is 11.0. The zero-order chi connectivity index (χ0) is 12.3. The zero-order valence-corrected chi connectivity index (χ0v) is 10.2. The number of sulfone groups is 1. The Balaban J connectivity index is 2.00. The van der Waals surface area contributed by atoms with Gasteiger partial charge < -0.3 is 9.57 Å². The molecule has 0 atom stereocenters. The summed E-state index contributed by atoms with van der Waals surface area (Å²) in [5.41, 5.74) is 0.974. The van der Waals surface area contributed by atoms with E-state index in [1.807, 2.05) is 24.3 Å². The molecule has 0 unspecified atom stereocenters. The van der Waals surface area contributed by atoms with Crippen molar-refractivity contribution in [2.24, 2.45) is 5.90 Å². The number of rotatable bonds is 5. The third-order valence-electron chi connectivity index (χ3n) is 2.64. The number of hydrogen-bond donors (Lipinski definition) is 1. The predicted molar refractivity (Wildman–Crippen MR) is 63.4 cm³/mol. The first-order valence-electron chi connectivity index (χ1n) is 5.37. The Kier molecular flexibility index (Phi) is 3.66. The van der Waals surface area contributed by atoms with E-state index >= 15 is 0 Å². The summed E-state index contributed by atoms with van der Waals surface area (Å²) in [7, 11) is -2.85. The van der Waals surface area contributed by atoms with Crippen molar-refractivity contribution in [1.29, 1.82) is 0 Å². The van der Waals surface area contributed by atoms with E-state index in [-0.39, 0.29) is 17.6 Å². The van der Waals surface area contributed by atoms with Gasteiger partial charge in [0.2, 0.25) is 0 Å². The molecular weight excluding hydrogens is 242 g/mol. The van der Waals surface area contributed by atoms with Crippen LogP contribution in [-0.4, -0.2) is 32.6 Å². The van der Waals surface area contributed by atoms with E-state index in [1.54, 1.807) is 0 Å². The highest BCUT2D eigenvalue weighted by atomic mass is 32.2. The van der Waals surface area contributed by atoms with Crippen LogP contribution in [0.3, 0.4) is 0 Å². The van der Waals surface area contributed by atoms with Gasteiger partial charge in [0.15, 0.2) is 9.84 Å². The Hall–Kier alpha value is -1.11. The van der Waals surface area contributed by atoms with Crippen molar-refractivity contribution < 1.29 is 18.0 Å². The summed E-state index contributed by atoms with van der Waals surface area (Å²) in [5, 5.41) is 0. The number of nitrogens with two attached hydrogens (primary N) is 1. The first-order chi connectivity index (χ1) is 8.11. The van der Waals surface area contributed by atoms with Gasteiger partial charge in [-0.3, -0.25) is 0 Å². The highest BCUT2D eigenvalue weighted by molar-refractivity contribution is 7.92. The molecule has 5 nitrogen and oxygen atoms in total. The molecule has 1 fully saturated rings. The van der Waals surface area contributed by atoms with Crippen molar-refractivity contribution in [3.8, 4) is 5.75 Å². The predicted octanol–water partition coefficient (Wildman–Crippen LogP) is 0.295. The summed E-state index contributed by atoms with van der Waals surface area (Å²) >= 11 is 0. The Morgan fingerprint density at radius 1 is 1.29 bits per heavy atom. The van der Waals surface area contributed by atoms with Crippen molar-refractivity contribution in [3.05, 3.63) is 29.8 Å². The van der Waals surface area contributed by atoms with Gasteiger partial charge in [0, 0.05) is 6.42 Å². The third-order valence-corrected chi connectivity index (χ3v) is 4.39. The van der Waals surface area contributed by atoms with Crippen LogP contribution in [0.1, 0.15) is 5.56 Å². The van der Waals surface area contributed by atoms with Crippen LogP contribution in [0.5, 0.6) is 5.75 Å². The van der Waals surface area contributed by atoms with Crippen LogP contribution in [0.25, 0.3) is 0 Å². The standard InChI is InChI=1S/C11H15NO4S/c12-15-6-5-9-3-1-2-4-11(9)16-10-7-17(13,14)8-10/h1-4,10H,5-8,12H2. The van der Waals surface area contributed by atoms with Gasteiger partial charge in [-0.15, -0.1) is 0 Å². The molecule has 0 aromatic heterocycles. The smallest absolute Gasteiger partial charge is 0.157 e. The highest BCUT2D eigenvalue weighted by Crippen LogP contribution is 2.23. The molecule has 0 aliphatic carbocycles. The first-order valence-corrected chi connectivity index (χ1v) is 7.19. The fourth-order valence-corrected chi connectivity index (χ4v) is 2.93. The van der Waals surface area contributed by atoms with E-state index in [2.05, 4.69) is 4.84 Å². The molecule has 1 aliphatic heterocycles. The number of hydrogen-bond acceptors (Lipinski definition) is 5. The minimum atomic E-state index is -2.85. The number of para-hydroxylation sites is 1. The molecule has 0 bridgehead atoms. The molecule has 94 valence electrons. The Labute approximate surface area is 100 Å². The van der Waals surface area contributed by atoms with Gasteiger partial charge in [-0.1, -0.05) is 18.2 Å². The summed E-state index contributed by atoms with van der Waals surface area (Å²) in [5.74, 6) is 5.90. The highest BCUT2D eigenvalue weighted by Gasteiger charge is 2.35. The van der Waals surface area contributed by atoms with E-state index < -0.39 is 9.84 Å². The van der Waals surface area contributed by atoms with Gasteiger partial charge in [-0.2, -0.15) is 0 Å². The summed E-state index contributed by atoms with van der Waals surface area (Å²) in [4.78, 5) is 4.53. The average molecular weight is 257 g/mol. The molecule has 1 aromatic rings. The molecule has 6 heteroatoms. The lowest BCUT2D eigenvalue weighted by molar-refractivity contribution is 0.140. The van der Waals surface area contributed by atoms with E-state index in [0.717, 1.165) is 5.56 Å². The lowest BCUT2D eigenvalue weighted by atomic mass is 10.1. The molecule has 17 heavy (non-hydrogen) atoms. The van der Waals surface area contributed by atoms with Crippen molar-refractivity contribution in [3.63, 3.8) is 0 Å². The van der Waals surface area contributed by atoms with Gasteiger partial charge in [-0.25, -0.2) is 14.3 Å². The fourth-order valence-electron chi connectivity index (χ4n) is 1.76. The average Bonchev–Trinajstić information content (AvgIpc) is 2.25.